The lowest BCUT2D eigenvalue weighted by molar-refractivity contribution is 0.0659. The standard InChI is InChI=1S/C27H47N5O4/c1-8-18(3)12-20(9-2)10-11-36-25(35)30-21-14-26(5,6)16-27(7,15-21)17-28-24(34)32-23-29-19(4)13-22(33)31-23/h13,18,20-21H,8-12,14-17H2,1-7H3,(H,30,35)(H3,28,29,31,32,33,34). The van der Waals surface area contributed by atoms with E-state index in [0.717, 1.165) is 32.1 Å². The summed E-state index contributed by atoms with van der Waals surface area (Å²) < 4.78 is 5.55. The Kier molecular flexibility index (Phi) is 10.8. The number of nitrogens with zero attached hydrogens (tertiary/aromatic N) is 1. The molecule has 2 rings (SSSR count). The van der Waals surface area contributed by atoms with Crippen molar-refractivity contribution >= 4 is 18.1 Å². The first-order chi connectivity index (χ1) is 16.8. The van der Waals surface area contributed by atoms with Gasteiger partial charge in [-0.05, 0) is 61.7 Å². The second kappa shape index (κ2) is 13.1. The fraction of sp³-hybridized carbons (Fsp3) is 0.778. The monoisotopic (exact) mass is 505 g/mol. The molecule has 1 heterocycles. The van der Waals surface area contributed by atoms with Gasteiger partial charge in [0.1, 0.15) is 0 Å². The minimum absolute atomic E-state index is 0.00393. The predicted octanol–water partition coefficient (Wildman–Crippen LogP) is 5.36. The molecule has 4 N–H and O–H groups in total. The van der Waals surface area contributed by atoms with Gasteiger partial charge in [-0.3, -0.25) is 15.1 Å². The van der Waals surface area contributed by atoms with Crippen LogP contribution in [0.15, 0.2) is 10.9 Å². The number of hydrogen-bond acceptors (Lipinski definition) is 5. The summed E-state index contributed by atoms with van der Waals surface area (Å²) in [5, 5.41) is 8.57. The second-order valence-electron chi connectivity index (χ2n) is 11.9. The fourth-order valence-corrected chi connectivity index (χ4v) is 5.71. The number of ether oxygens (including phenoxy) is 1. The van der Waals surface area contributed by atoms with Crippen molar-refractivity contribution in [3.8, 4) is 0 Å². The van der Waals surface area contributed by atoms with Crippen LogP contribution < -0.4 is 21.5 Å². The maximum absolute atomic E-state index is 12.6. The molecule has 9 nitrogen and oxygen atoms in total. The van der Waals surface area contributed by atoms with Crippen LogP contribution in [-0.2, 0) is 4.74 Å². The Morgan fingerprint density at radius 1 is 1.22 bits per heavy atom. The summed E-state index contributed by atoms with van der Waals surface area (Å²) in [5.74, 6) is 1.38. The third kappa shape index (κ3) is 10.2. The van der Waals surface area contributed by atoms with Crippen LogP contribution in [0.3, 0.4) is 0 Å². The molecular weight excluding hydrogens is 458 g/mol. The number of alkyl carbamates (subject to hydrolysis) is 1. The van der Waals surface area contributed by atoms with Gasteiger partial charge >= 0.3 is 12.1 Å². The van der Waals surface area contributed by atoms with Gasteiger partial charge in [0.25, 0.3) is 5.56 Å². The molecule has 0 saturated heterocycles. The molecule has 3 amide bonds. The number of urea groups is 1. The molecule has 1 aliphatic rings. The Hall–Kier alpha value is -2.58. The first-order valence-electron chi connectivity index (χ1n) is 13.4. The number of nitrogens with one attached hydrogen (secondary N) is 4. The Bertz CT molecular complexity index is 931. The van der Waals surface area contributed by atoms with Gasteiger partial charge in [-0.2, -0.15) is 0 Å². The van der Waals surface area contributed by atoms with Crippen LogP contribution in [0.5, 0.6) is 0 Å². The topological polar surface area (TPSA) is 125 Å². The Labute approximate surface area is 216 Å². The minimum Gasteiger partial charge on any atom is -0.450 e. The Morgan fingerprint density at radius 3 is 2.58 bits per heavy atom. The van der Waals surface area contributed by atoms with E-state index in [-0.39, 0.29) is 34.5 Å². The number of carbonyl (C=O) groups is 2. The lowest BCUT2D eigenvalue weighted by Gasteiger charge is -2.46. The highest BCUT2D eigenvalue weighted by atomic mass is 16.5. The van der Waals surface area contributed by atoms with Crippen LogP contribution in [-0.4, -0.2) is 41.3 Å². The van der Waals surface area contributed by atoms with Crippen molar-refractivity contribution in [1.82, 2.24) is 20.6 Å². The van der Waals surface area contributed by atoms with E-state index >= 15 is 0 Å². The predicted molar refractivity (Wildman–Crippen MR) is 143 cm³/mol. The molecule has 1 aromatic rings. The molecule has 0 spiro atoms. The molecule has 4 unspecified atom stereocenters. The van der Waals surface area contributed by atoms with Crippen molar-refractivity contribution in [2.75, 3.05) is 18.5 Å². The van der Waals surface area contributed by atoms with Crippen LogP contribution >= 0.6 is 0 Å². The first-order valence-corrected chi connectivity index (χ1v) is 13.4. The van der Waals surface area contributed by atoms with Gasteiger partial charge in [-0.1, -0.05) is 54.4 Å². The molecule has 36 heavy (non-hydrogen) atoms. The zero-order chi connectivity index (χ0) is 26.9. The van der Waals surface area contributed by atoms with Gasteiger partial charge in [0.2, 0.25) is 5.95 Å². The van der Waals surface area contributed by atoms with Crippen molar-refractivity contribution in [3.63, 3.8) is 0 Å². The third-order valence-electron chi connectivity index (χ3n) is 7.31. The molecule has 1 saturated carbocycles. The quantitative estimate of drug-likeness (QED) is 0.322. The zero-order valence-corrected chi connectivity index (χ0v) is 23.3. The molecule has 1 aromatic heterocycles. The van der Waals surface area contributed by atoms with Gasteiger partial charge in [0, 0.05) is 24.3 Å². The summed E-state index contributed by atoms with van der Waals surface area (Å²) in [5.41, 5.74) is -0.0127. The normalized spacial score (nSPS) is 22.8. The van der Waals surface area contributed by atoms with Crippen LogP contribution in [0.2, 0.25) is 0 Å². The highest BCUT2D eigenvalue weighted by Crippen LogP contribution is 2.45. The minimum atomic E-state index is -0.430. The van der Waals surface area contributed by atoms with E-state index in [2.05, 4.69) is 67.5 Å². The number of anilines is 1. The molecule has 0 bridgehead atoms. The summed E-state index contributed by atoms with van der Waals surface area (Å²) in [7, 11) is 0. The van der Waals surface area contributed by atoms with Crippen molar-refractivity contribution in [3.05, 3.63) is 22.1 Å². The van der Waals surface area contributed by atoms with Gasteiger partial charge in [0.15, 0.2) is 0 Å². The average Bonchev–Trinajstić information content (AvgIpc) is 2.74. The SMILES string of the molecule is CCC(C)CC(CC)CCOC(=O)NC1CC(C)(C)CC(C)(CNC(=O)Nc2nc(C)cc(=O)[nH]2)C1. The van der Waals surface area contributed by atoms with E-state index < -0.39 is 6.03 Å². The Morgan fingerprint density at radius 2 is 1.94 bits per heavy atom. The molecule has 9 heteroatoms. The van der Waals surface area contributed by atoms with Gasteiger partial charge in [0.05, 0.1) is 6.61 Å². The summed E-state index contributed by atoms with van der Waals surface area (Å²) >= 11 is 0. The van der Waals surface area contributed by atoms with E-state index in [9.17, 15) is 14.4 Å². The van der Waals surface area contributed by atoms with Gasteiger partial charge in [-0.15, -0.1) is 0 Å². The van der Waals surface area contributed by atoms with Gasteiger partial charge < -0.3 is 15.4 Å². The zero-order valence-electron chi connectivity index (χ0n) is 23.3. The summed E-state index contributed by atoms with van der Waals surface area (Å²) in [4.78, 5) is 43.2. The maximum Gasteiger partial charge on any atom is 0.407 e. The maximum atomic E-state index is 12.6. The third-order valence-corrected chi connectivity index (χ3v) is 7.31. The number of rotatable bonds is 11. The van der Waals surface area contributed by atoms with Crippen molar-refractivity contribution in [1.29, 1.82) is 0 Å². The molecule has 0 aromatic carbocycles. The number of H-pyrrole nitrogens is 1. The highest BCUT2D eigenvalue weighted by molar-refractivity contribution is 5.87. The van der Waals surface area contributed by atoms with E-state index in [0.29, 0.717) is 30.7 Å². The van der Waals surface area contributed by atoms with Crippen LogP contribution in [0.4, 0.5) is 15.5 Å². The highest BCUT2D eigenvalue weighted by Gasteiger charge is 2.42. The molecule has 1 fully saturated rings. The number of aryl methyl sites for hydroxylation is 1. The number of hydrogen-bond donors (Lipinski definition) is 4. The average molecular weight is 506 g/mol. The summed E-state index contributed by atoms with van der Waals surface area (Å²) in [6, 6.07) is 0.898. The molecule has 204 valence electrons. The summed E-state index contributed by atoms with van der Waals surface area (Å²) in [6.45, 7) is 15.7. The number of amides is 3. The van der Waals surface area contributed by atoms with Crippen molar-refractivity contribution in [2.24, 2.45) is 22.7 Å². The molecule has 0 aliphatic heterocycles. The van der Waals surface area contributed by atoms with E-state index in [4.69, 9.17) is 4.74 Å². The van der Waals surface area contributed by atoms with Crippen LogP contribution in [0.25, 0.3) is 0 Å². The van der Waals surface area contributed by atoms with E-state index in [1.807, 2.05) is 0 Å². The second-order valence-corrected chi connectivity index (χ2v) is 11.9. The number of aromatic amines is 1. The molecule has 0 radical (unpaired) electrons. The van der Waals surface area contributed by atoms with Crippen molar-refractivity contribution < 1.29 is 14.3 Å². The molecular formula is C27H47N5O4. The van der Waals surface area contributed by atoms with Gasteiger partial charge in [-0.25, -0.2) is 14.6 Å². The number of carbonyl (C=O) groups excluding carboxylic acids is 2. The number of aromatic nitrogens is 2. The largest absolute Gasteiger partial charge is 0.450 e. The Balaban J connectivity index is 1.86. The lowest BCUT2D eigenvalue weighted by atomic mass is 9.62. The molecule has 1 aliphatic carbocycles. The van der Waals surface area contributed by atoms with E-state index in [1.165, 1.54) is 18.9 Å². The van der Waals surface area contributed by atoms with Crippen molar-refractivity contribution in [2.45, 2.75) is 99.5 Å². The van der Waals surface area contributed by atoms with E-state index in [1.54, 1.807) is 6.92 Å². The lowest BCUT2D eigenvalue weighted by Crippen LogP contribution is -2.51. The smallest absolute Gasteiger partial charge is 0.407 e. The molecule has 4 atom stereocenters. The first kappa shape index (κ1) is 29.6. The fourth-order valence-electron chi connectivity index (χ4n) is 5.71. The summed E-state index contributed by atoms with van der Waals surface area (Å²) in [6.07, 6.45) is 6.46. The van der Waals surface area contributed by atoms with Crippen LogP contribution in [0.1, 0.15) is 92.2 Å². The van der Waals surface area contributed by atoms with Crippen LogP contribution in [0, 0.1) is 29.6 Å².